The van der Waals surface area contributed by atoms with E-state index in [0.29, 0.717) is 12.1 Å². The van der Waals surface area contributed by atoms with Gasteiger partial charge in [0, 0.05) is 19.8 Å². The number of rotatable bonds is 1. The molecular formula is C11H18NO2+. The molecule has 1 fully saturated rings. The summed E-state index contributed by atoms with van der Waals surface area (Å²) in [5.74, 6) is -0.151. The quantitative estimate of drug-likeness (QED) is 0.356. The highest BCUT2D eigenvalue weighted by Crippen LogP contribution is 2.35. The first-order valence-electron chi connectivity index (χ1n) is 5.19. The summed E-state index contributed by atoms with van der Waals surface area (Å²) >= 11 is 0. The molecule has 0 spiro atoms. The molecule has 14 heavy (non-hydrogen) atoms. The van der Waals surface area contributed by atoms with Crippen LogP contribution in [0.15, 0.2) is 12.2 Å². The van der Waals surface area contributed by atoms with Gasteiger partial charge in [0.05, 0.1) is 14.1 Å². The van der Waals surface area contributed by atoms with Crippen molar-refractivity contribution in [2.75, 3.05) is 14.1 Å². The third kappa shape index (κ3) is 1.46. The zero-order chi connectivity index (χ0) is 10.3. The van der Waals surface area contributed by atoms with Crippen LogP contribution in [-0.2, 0) is 9.53 Å². The molecule has 2 atom stereocenters. The Labute approximate surface area is 84.9 Å². The van der Waals surface area contributed by atoms with Crippen molar-refractivity contribution in [3.8, 4) is 0 Å². The average molecular weight is 196 g/mol. The number of hydrogen-bond acceptors (Lipinski definition) is 2. The van der Waals surface area contributed by atoms with Crippen molar-refractivity contribution in [3.05, 3.63) is 12.2 Å². The van der Waals surface area contributed by atoms with Gasteiger partial charge >= 0.3 is 5.97 Å². The fourth-order valence-corrected chi connectivity index (χ4v) is 2.61. The van der Waals surface area contributed by atoms with Gasteiger partial charge in [0.15, 0.2) is 0 Å². The predicted molar refractivity (Wildman–Crippen MR) is 53.6 cm³/mol. The maximum atomic E-state index is 10.9. The number of fused-ring (bicyclic) bond motifs is 2. The lowest BCUT2D eigenvalue weighted by Crippen LogP contribution is -2.56. The summed E-state index contributed by atoms with van der Waals surface area (Å²) in [6.45, 7) is 1.49. The minimum atomic E-state index is -0.151. The highest BCUT2D eigenvalue weighted by Gasteiger charge is 2.46. The smallest absolute Gasteiger partial charge is 0.302 e. The molecule has 0 aliphatic carbocycles. The summed E-state index contributed by atoms with van der Waals surface area (Å²) in [6, 6.07) is 1.05. The lowest BCUT2D eigenvalue weighted by Gasteiger charge is -2.43. The van der Waals surface area contributed by atoms with Gasteiger partial charge in [0.25, 0.3) is 0 Å². The zero-order valence-corrected chi connectivity index (χ0v) is 9.06. The number of carbonyl (C=O) groups is 1. The Morgan fingerprint density at radius 1 is 1.29 bits per heavy atom. The van der Waals surface area contributed by atoms with Crippen LogP contribution >= 0.6 is 0 Å². The molecule has 2 bridgehead atoms. The summed E-state index contributed by atoms with van der Waals surface area (Å²) in [4.78, 5) is 10.9. The minimum absolute atomic E-state index is 0.128. The molecule has 3 nitrogen and oxygen atoms in total. The topological polar surface area (TPSA) is 26.3 Å². The third-order valence-corrected chi connectivity index (χ3v) is 3.61. The van der Waals surface area contributed by atoms with E-state index in [0.717, 1.165) is 17.3 Å². The lowest BCUT2D eigenvalue weighted by molar-refractivity contribution is -0.926. The molecule has 0 radical (unpaired) electrons. The van der Waals surface area contributed by atoms with Gasteiger partial charge in [0.2, 0.25) is 0 Å². The Balaban J connectivity index is 2.05. The molecule has 2 aliphatic rings. The number of piperidine rings is 1. The van der Waals surface area contributed by atoms with Gasteiger partial charge in [-0.15, -0.1) is 0 Å². The normalized spacial score (nSPS) is 38.4. The highest BCUT2D eigenvalue weighted by atomic mass is 16.5. The van der Waals surface area contributed by atoms with Gasteiger partial charge in [-0.2, -0.15) is 0 Å². The van der Waals surface area contributed by atoms with Crippen molar-refractivity contribution >= 4 is 5.97 Å². The second-order valence-corrected chi connectivity index (χ2v) is 4.85. The fraction of sp³-hybridized carbons (Fsp3) is 0.727. The minimum Gasteiger partial charge on any atom is -0.462 e. The Bertz CT molecular complexity index is 265. The van der Waals surface area contributed by atoms with Crippen molar-refractivity contribution < 1.29 is 14.0 Å². The van der Waals surface area contributed by atoms with Gasteiger partial charge in [-0.1, -0.05) is 0 Å². The van der Waals surface area contributed by atoms with Gasteiger partial charge < -0.3 is 9.22 Å². The first-order valence-corrected chi connectivity index (χ1v) is 5.19. The molecule has 0 aromatic heterocycles. The van der Waals surface area contributed by atoms with Gasteiger partial charge in [0.1, 0.15) is 18.2 Å². The number of nitrogens with zero attached hydrogens (tertiary/aromatic N) is 1. The van der Waals surface area contributed by atoms with E-state index < -0.39 is 0 Å². The number of carbonyl (C=O) groups excluding carboxylic acids is 1. The molecule has 0 N–H and O–H groups in total. The van der Waals surface area contributed by atoms with Crippen LogP contribution in [0.5, 0.6) is 0 Å². The molecule has 2 heterocycles. The van der Waals surface area contributed by atoms with Crippen molar-refractivity contribution in [2.45, 2.75) is 38.0 Å². The number of likely N-dealkylation sites (N-methyl/N-ethyl adjacent to an activating group) is 1. The third-order valence-electron chi connectivity index (χ3n) is 3.61. The van der Waals surface area contributed by atoms with E-state index in [1.807, 2.05) is 0 Å². The maximum Gasteiger partial charge on any atom is 0.302 e. The fourth-order valence-electron chi connectivity index (χ4n) is 2.61. The van der Waals surface area contributed by atoms with Crippen LogP contribution in [0.1, 0.15) is 19.8 Å². The standard InChI is InChI=1S/C11H18NO2/c1-8(13)14-11-6-9-4-5-10(7-11)12(9,2)3/h4-5,9-11H,6-7H2,1-3H3/q+1. The van der Waals surface area contributed by atoms with E-state index in [-0.39, 0.29) is 12.1 Å². The van der Waals surface area contributed by atoms with Gasteiger partial charge in [-0.25, -0.2) is 0 Å². The van der Waals surface area contributed by atoms with E-state index in [4.69, 9.17) is 4.74 Å². The molecule has 0 amide bonds. The summed E-state index contributed by atoms with van der Waals surface area (Å²) < 4.78 is 6.30. The Kier molecular flexibility index (Phi) is 2.14. The van der Waals surface area contributed by atoms with Crippen LogP contribution in [0.3, 0.4) is 0 Å². The van der Waals surface area contributed by atoms with Crippen LogP contribution in [0.2, 0.25) is 0 Å². The first kappa shape index (κ1) is 9.71. The molecule has 2 aliphatic heterocycles. The molecule has 2 unspecified atom stereocenters. The van der Waals surface area contributed by atoms with Gasteiger partial charge in [-0.05, 0) is 12.2 Å². The predicted octanol–water partition coefficient (Wildman–Crippen LogP) is 1.10. The largest absolute Gasteiger partial charge is 0.462 e. The molecule has 3 heteroatoms. The van der Waals surface area contributed by atoms with Crippen LogP contribution < -0.4 is 0 Å². The Hall–Kier alpha value is -0.830. The summed E-state index contributed by atoms with van der Waals surface area (Å²) in [5.41, 5.74) is 0. The van der Waals surface area contributed by atoms with E-state index >= 15 is 0 Å². The van der Waals surface area contributed by atoms with Crippen LogP contribution in [0.25, 0.3) is 0 Å². The summed E-state index contributed by atoms with van der Waals surface area (Å²) in [5, 5.41) is 0. The van der Waals surface area contributed by atoms with Crippen molar-refractivity contribution in [1.29, 1.82) is 0 Å². The second-order valence-electron chi connectivity index (χ2n) is 4.85. The number of hydrogen-bond donors (Lipinski definition) is 0. The van der Waals surface area contributed by atoms with E-state index in [1.165, 1.54) is 6.92 Å². The van der Waals surface area contributed by atoms with E-state index in [2.05, 4.69) is 26.2 Å². The number of ether oxygens (including phenoxy) is 1. The second kappa shape index (κ2) is 3.09. The first-order chi connectivity index (χ1) is 6.50. The molecule has 0 saturated carbocycles. The van der Waals surface area contributed by atoms with Gasteiger partial charge in [-0.3, -0.25) is 4.79 Å². The molecule has 0 aromatic rings. The number of esters is 1. The highest BCUT2D eigenvalue weighted by molar-refractivity contribution is 5.66. The van der Waals surface area contributed by atoms with Crippen LogP contribution in [-0.4, -0.2) is 42.7 Å². The molecule has 2 rings (SSSR count). The SMILES string of the molecule is CC(=O)OC1CC2C=CC(C1)[N+]2(C)C. The van der Waals surface area contributed by atoms with Crippen molar-refractivity contribution in [1.82, 2.24) is 0 Å². The maximum absolute atomic E-state index is 10.9. The number of quaternary nitrogens is 1. The van der Waals surface area contributed by atoms with Crippen molar-refractivity contribution in [3.63, 3.8) is 0 Å². The van der Waals surface area contributed by atoms with E-state index in [1.54, 1.807) is 0 Å². The average Bonchev–Trinajstić information content (AvgIpc) is 2.30. The van der Waals surface area contributed by atoms with Crippen LogP contribution in [0.4, 0.5) is 0 Å². The summed E-state index contributed by atoms with van der Waals surface area (Å²) in [6.07, 6.45) is 6.62. The monoisotopic (exact) mass is 196 g/mol. The van der Waals surface area contributed by atoms with Crippen LogP contribution in [0, 0.1) is 0 Å². The molecular weight excluding hydrogens is 178 g/mol. The Morgan fingerprint density at radius 3 is 2.21 bits per heavy atom. The molecule has 0 aromatic carbocycles. The molecule has 78 valence electrons. The zero-order valence-electron chi connectivity index (χ0n) is 9.06. The molecule has 1 saturated heterocycles. The Morgan fingerprint density at radius 2 is 1.79 bits per heavy atom. The van der Waals surface area contributed by atoms with Crippen molar-refractivity contribution in [2.24, 2.45) is 0 Å². The lowest BCUT2D eigenvalue weighted by atomic mass is 9.97. The van der Waals surface area contributed by atoms with E-state index in [9.17, 15) is 4.79 Å². The summed E-state index contributed by atoms with van der Waals surface area (Å²) in [7, 11) is 4.50.